The lowest BCUT2D eigenvalue weighted by molar-refractivity contribution is -0.712. The van der Waals surface area contributed by atoms with Crippen molar-refractivity contribution in [3.8, 4) is 0 Å². The number of rotatable bonds is 2. The molecule has 0 radical (unpaired) electrons. The maximum Gasteiger partial charge on any atom is 0.364 e. The number of nitrogens with two attached hydrogens (primary N) is 1. The van der Waals surface area contributed by atoms with Gasteiger partial charge < -0.3 is 15.0 Å². The number of aromatic nitrogens is 1. The Labute approximate surface area is 144 Å². The number of methoxy groups -OCH3 is 1. The van der Waals surface area contributed by atoms with Crippen LogP contribution in [0.1, 0.15) is 22.9 Å². The molecule has 3 N–H and O–H groups in total. The van der Waals surface area contributed by atoms with Gasteiger partial charge in [0.25, 0.3) is 0 Å². The van der Waals surface area contributed by atoms with Crippen LogP contribution in [-0.4, -0.2) is 24.1 Å². The Kier molecular flexibility index (Phi) is 3.79. The van der Waals surface area contributed by atoms with Gasteiger partial charge in [0.2, 0.25) is 0 Å². The third-order valence-electron chi connectivity index (χ3n) is 4.75. The number of hydrogen-bond donors (Lipinski definition) is 2. The lowest BCUT2D eigenvalue weighted by Gasteiger charge is -2.27. The van der Waals surface area contributed by atoms with E-state index in [4.69, 9.17) is 16.3 Å². The zero-order chi connectivity index (χ0) is 16.7. The number of carbonyl (C=O) groups excluding carboxylic acids is 1. The summed E-state index contributed by atoms with van der Waals surface area (Å²) in [5.41, 5.74) is 4.37. The maximum atomic E-state index is 12.2. The molecule has 2 heterocycles. The summed E-state index contributed by atoms with van der Waals surface area (Å²) in [7, 11) is 1.44. The molecule has 2 atom stereocenters. The van der Waals surface area contributed by atoms with Gasteiger partial charge in [-0.3, -0.25) is 0 Å². The molecule has 0 amide bonds. The summed E-state index contributed by atoms with van der Waals surface area (Å²) in [5.74, 6) is -0.206. The van der Waals surface area contributed by atoms with E-state index in [1.807, 2.05) is 41.7 Å². The number of quaternary nitrogens is 1. The molecule has 122 valence electrons. The fourth-order valence-electron chi connectivity index (χ4n) is 3.62. The number of halogens is 1. The van der Waals surface area contributed by atoms with Crippen molar-refractivity contribution in [3.63, 3.8) is 0 Å². The third kappa shape index (κ3) is 2.39. The molecule has 0 fully saturated rings. The molecule has 4 rings (SSSR count). The summed E-state index contributed by atoms with van der Waals surface area (Å²) < 4.78 is 4.99. The predicted molar refractivity (Wildman–Crippen MR) is 93.0 cm³/mol. The van der Waals surface area contributed by atoms with Crippen molar-refractivity contribution >= 4 is 28.5 Å². The highest BCUT2D eigenvalue weighted by Crippen LogP contribution is 2.34. The van der Waals surface area contributed by atoms with E-state index in [1.54, 1.807) is 0 Å². The Morgan fingerprint density at radius 1 is 1.21 bits per heavy atom. The van der Waals surface area contributed by atoms with Crippen LogP contribution in [0.2, 0.25) is 5.02 Å². The molecule has 1 aliphatic rings. The molecule has 2 unspecified atom stereocenters. The van der Waals surface area contributed by atoms with Crippen LogP contribution >= 0.6 is 11.6 Å². The molecule has 2 aromatic carbocycles. The Morgan fingerprint density at radius 2 is 1.96 bits per heavy atom. The summed E-state index contributed by atoms with van der Waals surface area (Å²) in [5, 5.41) is 3.91. The first-order valence-electron chi connectivity index (χ1n) is 7.95. The van der Waals surface area contributed by atoms with E-state index < -0.39 is 0 Å². The number of H-pyrrole nitrogens is 1. The standard InChI is InChI=1S/C19H17ClN2O2/c1-24-19(23)16-10-13-11-6-3-5-9-15(11)21-18(13)17(22-16)12-7-2-4-8-14(12)20/h2-9,16-17,21-22H,10H2,1H3/p+1. The van der Waals surface area contributed by atoms with Crippen molar-refractivity contribution in [3.05, 3.63) is 70.4 Å². The largest absolute Gasteiger partial charge is 0.465 e. The summed E-state index contributed by atoms with van der Waals surface area (Å²) in [6.45, 7) is 0. The number of benzene rings is 2. The lowest BCUT2D eigenvalue weighted by atomic mass is 9.90. The van der Waals surface area contributed by atoms with Gasteiger partial charge in [-0.2, -0.15) is 0 Å². The second-order valence-corrected chi connectivity index (χ2v) is 6.50. The van der Waals surface area contributed by atoms with E-state index in [0.717, 1.165) is 22.2 Å². The highest BCUT2D eigenvalue weighted by atomic mass is 35.5. The van der Waals surface area contributed by atoms with E-state index in [2.05, 4.69) is 17.1 Å². The number of nitrogens with one attached hydrogen (secondary N) is 1. The fraction of sp³-hybridized carbons (Fsp3) is 0.211. The number of aromatic amines is 1. The molecule has 0 saturated carbocycles. The summed E-state index contributed by atoms with van der Waals surface area (Å²) in [6.07, 6.45) is 0.646. The van der Waals surface area contributed by atoms with Crippen LogP contribution in [-0.2, 0) is 16.0 Å². The van der Waals surface area contributed by atoms with Gasteiger partial charge in [-0.1, -0.05) is 48.0 Å². The van der Waals surface area contributed by atoms with E-state index >= 15 is 0 Å². The van der Waals surface area contributed by atoms with Crippen LogP contribution in [0.3, 0.4) is 0 Å². The van der Waals surface area contributed by atoms with Crippen molar-refractivity contribution in [2.24, 2.45) is 0 Å². The van der Waals surface area contributed by atoms with Gasteiger partial charge in [0.15, 0.2) is 12.1 Å². The number of para-hydroxylation sites is 1. The summed E-state index contributed by atoms with van der Waals surface area (Å²) in [6, 6.07) is 15.6. The number of fused-ring (bicyclic) bond motifs is 3. The first kappa shape index (κ1) is 15.2. The van der Waals surface area contributed by atoms with Gasteiger partial charge in [-0.05, 0) is 17.7 Å². The highest BCUT2D eigenvalue weighted by Gasteiger charge is 2.38. The van der Waals surface area contributed by atoms with Crippen LogP contribution in [0.15, 0.2) is 48.5 Å². The fourth-order valence-corrected chi connectivity index (χ4v) is 3.88. The second kappa shape index (κ2) is 5.96. The minimum absolute atomic E-state index is 0.0565. The van der Waals surface area contributed by atoms with Crippen molar-refractivity contribution in [2.45, 2.75) is 18.5 Å². The number of esters is 1. The monoisotopic (exact) mass is 341 g/mol. The van der Waals surface area contributed by atoms with E-state index in [0.29, 0.717) is 11.4 Å². The minimum Gasteiger partial charge on any atom is -0.465 e. The number of ether oxygens (including phenoxy) is 1. The third-order valence-corrected chi connectivity index (χ3v) is 5.09. The van der Waals surface area contributed by atoms with E-state index in [1.165, 1.54) is 12.7 Å². The predicted octanol–water partition coefficient (Wildman–Crippen LogP) is 2.57. The smallest absolute Gasteiger partial charge is 0.364 e. The van der Waals surface area contributed by atoms with Gasteiger partial charge in [-0.25, -0.2) is 4.79 Å². The molecule has 1 aromatic heterocycles. The molecular weight excluding hydrogens is 324 g/mol. The van der Waals surface area contributed by atoms with Crippen molar-refractivity contribution < 1.29 is 14.8 Å². The average molecular weight is 342 g/mol. The van der Waals surface area contributed by atoms with Gasteiger partial charge in [0.1, 0.15) is 0 Å². The second-order valence-electron chi connectivity index (χ2n) is 6.09. The zero-order valence-corrected chi connectivity index (χ0v) is 14.0. The molecule has 1 aliphatic heterocycles. The van der Waals surface area contributed by atoms with Crippen molar-refractivity contribution in [2.75, 3.05) is 7.11 Å². The summed E-state index contributed by atoms with van der Waals surface area (Å²) >= 11 is 6.43. The quantitative estimate of drug-likeness (QED) is 0.704. The highest BCUT2D eigenvalue weighted by molar-refractivity contribution is 6.31. The molecule has 4 nitrogen and oxygen atoms in total. The average Bonchev–Trinajstić information content (AvgIpc) is 2.99. The number of carbonyl (C=O) groups is 1. The number of hydrogen-bond acceptors (Lipinski definition) is 2. The molecule has 0 aliphatic carbocycles. The van der Waals surface area contributed by atoms with Crippen LogP contribution < -0.4 is 5.32 Å². The van der Waals surface area contributed by atoms with Crippen LogP contribution in [0.4, 0.5) is 0 Å². The van der Waals surface area contributed by atoms with Crippen LogP contribution in [0.5, 0.6) is 0 Å². The van der Waals surface area contributed by atoms with Gasteiger partial charge in [-0.15, -0.1) is 0 Å². The molecule has 0 saturated heterocycles. The minimum atomic E-state index is -0.275. The van der Waals surface area contributed by atoms with Gasteiger partial charge >= 0.3 is 5.97 Å². The summed E-state index contributed by atoms with van der Waals surface area (Å²) in [4.78, 5) is 15.7. The molecule has 3 aromatic rings. The van der Waals surface area contributed by atoms with Crippen LogP contribution in [0, 0.1) is 0 Å². The zero-order valence-electron chi connectivity index (χ0n) is 13.3. The molecule has 5 heteroatoms. The molecule has 0 spiro atoms. The first-order valence-corrected chi connectivity index (χ1v) is 8.33. The molecular formula is C19H18ClN2O2+. The van der Waals surface area contributed by atoms with E-state index in [9.17, 15) is 4.79 Å². The Hall–Kier alpha value is -2.30. The van der Waals surface area contributed by atoms with Gasteiger partial charge in [0.05, 0.1) is 17.8 Å². The molecule has 0 bridgehead atoms. The Morgan fingerprint density at radius 3 is 2.75 bits per heavy atom. The van der Waals surface area contributed by atoms with E-state index in [-0.39, 0.29) is 18.1 Å². The lowest BCUT2D eigenvalue weighted by Crippen LogP contribution is -2.94. The first-order chi connectivity index (χ1) is 11.7. The molecule has 24 heavy (non-hydrogen) atoms. The van der Waals surface area contributed by atoms with Crippen molar-refractivity contribution in [1.82, 2.24) is 4.98 Å². The maximum absolute atomic E-state index is 12.2. The Balaban J connectivity index is 1.90. The Bertz CT molecular complexity index is 919. The SMILES string of the molecule is COC(=O)C1Cc2c([nH]c3ccccc23)C(c2ccccc2Cl)[NH2+]1. The topological polar surface area (TPSA) is 58.7 Å². The van der Waals surface area contributed by atoms with Crippen molar-refractivity contribution in [1.29, 1.82) is 0 Å². The van der Waals surface area contributed by atoms with Crippen LogP contribution in [0.25, 0.3) is 10.9 Å². The van der Waals surface area contributed by atoms with Gasteiger partial charge in [0, 0.05) is 22.9 Å². The normalized spacial score (nSPS) is 19.9.